The minimum absolute atomic E-state index is 0.0276. The molecule has 0 radical (unpaired) electrons. The first-order valence-electron chi connectivity index (χ1n) is 27.5. The average molecular weight is 1050 g/mol. The van der Waals surface area contributed by atoms with Gasteiger partial charge in [0.25, 0.3) is 11.8 Å². The van der Waals surface area contributed by atoms with Gasteiger partial charge in [0.05, 0.1) is 46.6 Å². The average Bonchev–Trinajstić information content (AvgIpc) is 3.95. The van der Waals surface area contributed by atoms with Crippen LogP contribution in [0.1, 0.15) is 185 Å². The molecule has 4 atom stereocenters. The van der Waals surface area contributed by atoms with Crippen LogP contribution in [0.25, 0.3) is 0 Å². The first-order valence-corrected chi connectivity index (χ1v) is 30.8. The first-order chi connectivity index (χ1) is 35.2. The highest BCUT2D eigenvalue weighted by molar-refractivity contribution is 7.91. The maximum absolute atomic E-state index is 13.2. The van der Waals surface area contributed by atoms with Crippen LogP contribution < -0.4 is 10.6 Å². The number of hydrogen-bond acceptors (Lipinski definition) is 10. The molecule has 4 aromatic rings. The highest BCUT2D eigenvalue weighted by atomic mass is 32.2. The maximum Gasteiger partial charge on any atom is 0.251 e. The molecule has 0 aromatic heterocycles. The Bertz CT molecular complexity index is 2560. The van der Waals surface area contributed by atoms with Crippen LogP contribution in [0.4, 0.5) is 0 Å². The van der Waals surface area contributed by atoms with Gasteiger partial charge in [-0.2, -0.15) is 0 Å². The van der Waals surface area contributed by atoms with Gasteiger partial charge in [0.2, 0.25) is 0 Å². The summed E-state index contributed by atoms with van der Waals surface area (Å²) in [4.78, 5) is 32.1. The van der Waals surface area contributed by atoms with Gasteiger partial charge in [-0.25, -0.2) is 16.8 Å². The fourth-order valence-electron chi connectivity index (χ4n) is 12.1. The molecular formula is C60H84N4O8S2. The number of aliphatic hydroxyl groups is 2. The van der Waals surface area contributed by atoms with E-state index in [1.165, 1.54) is 97.9 Å². The topological polar surface area (TPSA) is 173 Å². The van der Waals surface area contributed by atoms with Crippen molar-refractivity contribution in [2.75, 3.05) is 37.8 Å². The first kappa shape index (κ1) is 57.3. The Labute approximate surface area is 443 Å². The third-order valence-electron chi connectivity index (χ3n) is 16.5. The van der Waals surface area contributed by atoms with E-state index in [-0.39, 0.29) is 46.3 Å². The van der Waals surface area contributed by atoms with Crippen molar-refractivity contribution in [2.45, 2.75) is 154 Å². The molecule has 0 saturated heterocycles. The molecule has 0 unspecified atom stereocenters. The number of sulfone groups is 2. The van der Waals surface area contributed by atoms with E-state index in [1.54, 1.807) is 38.1 Å². The number of carbonyl (C=O) groups is 2. The molecule has 2 aliphatic heterocycles. The van der Waals surface area contributed by atoms with E-state index in [4.69, 9.17) is 0 Å². The third-order valence-corrected chi connectivity index (χ3v) is 20.0. The van der Waals surface area contributed by atoms with E-state index in [2.05, 4.69) is 74.1 Å². The second-order valence-electron chi connectivity index (χ2n) is 22.7. The van der Waals surface area contributed by atoms with Gasteiger partial charge in [0, 0.05) is 49.4 Å². The highest BCUT2D eigenvalue weighted by Gasteiger charge is 2.37. The van der Waals surface area contributed by atoms with Gasteiger partial charge in [-0.15, -0.1) is 0 Å². The van der Waals surface area contributed by atoms with Crippen LogP contribution in [0.3, 0.4) is 0 Å². The summed E-state index contributed by atoms with van der Waals surface area (Å²) in [5.74, 6) is 3.74. The molecule has 74 heavy (non-hydrogen) atoms. The number of nitrogens with zero attached hydrogens (tertiary/aromatic N) is 2. The zero-order valence-corrected chi connectivity index (χ0v) is 46.9. The van der Waals surface area contributed by atoms with E-state index in [0.29, 0.717) is 46.2 Å². The molecule has 8 rings (SSSR count). The monoisotopic (exact) mass is 1050 g/mol. The van der Waals surface area contributed by atoms with E-state index in [9.17, 15) is 36.6 Å². The summed E-state index contributed by atoms with van der Waals surface area (Å²) >= 11 is 0. The molecule has 4 aliphatic rings. The fraction of sp³-hybridized carbons (Fsp3) is 0.567. The molecule has 2 amide bonds. The van der Waals surface area contributed by atoms with Gasteiger partial charge in [0.1, 0.15) is 0 Å². The normalized spacial score (nSPS) is 23.1. The smallest absolute Gasteiger partial charge is 0.251 e. The van der Waals surface area contributed by atoms with Gasteiger partial charge in [-0.1, -0.05) is 117 Å². The molecule has 2 heterocycles. The summed E-state index contributed by atoms with van der Waals surface area (Å²) in [5.41, 5.74) is 7.57. The van der Waals surface area contributed by atoms with E-state index >= 15 is 0 Å². The van der Waals surface area contributed by atoms with Crippen molar-refractivity contribution in [1.82, 2.24) is 20.4 Å². The van der Waals surface area contributed by atoms with Crippen molar-refractivity contribution in [3.05, 3.63) is 129 Å². The van der Waals surface area contributed by atoms with Crippen molar-refractivity contribution < 1.29 is 36.6 Å². The predicted octanol–water partition coefficient (Wildman–Crippen LogP) is 10.6. The van der Waals surface area contributed by atoms with Crippen LogP contribution in [0.5, 0.6) is 0 Å². The quantitative estimate of drug-likeness (QED) is 0.0751. The van der Waals surface area contributed by atoms with Gasteiger partial charge in [-0.05, 0) is 143 Å². The SMILES string of the molecule is CCS(=O)(=O)c1ccc([C@H](CO)NC(=O)c2ccc3c(c2)CN(CC2CCC(C)CC2)[C@H]3C(C)C)cc1.CCS(=O)(=O)c1ccc([C@H](CO)NC(=O)c2ccc3c(c2)CN(CC2CCC(C)CC2)[C@H]3C(C)C)cc1. The van der Waals surface area contributed by atoms with Crippen molar-refractivity contribution >= 4 is 31.5 Å². The van der Waals surface area contributed by atoms with Gasteiger partial charge < -0.3 is 20.8 Å². The van der Waals surface area contributed by atoms with E-state index < -0.39 is 31.8 Å². The number of rotatable bonds is 18. The molecule has 404 valence electrons. The molecule has 2 saturated carbocycles. The lowest BCUT2D eigenvalue weighted by molar-refractivity contribution is 0.0909. The highest BCUT2D eigenvalue weighted by Crippen LogP contribution is 2.43. The number of hydrogen-bond donors (Lipinski definition) is 4. The number of carbonyl (C=O) groups excluding carboxylic acids is 2. The zero-order valence-electron chi connectivity index (χ0n) is 45.2. The number of nitrogens with one attached hydrogen (secondary N) is 2. The molecule has 0 spiro atoms. The number of aliphatic hydroxyl groups excluding tert-OH is 2. The van der Waals surface area contributed by atoms with Crippen molar-refractivity contribution in [2.24, 2.45) is 35.5 Å². The summed E-state index contributed by atoms with van der Waals surface area (Å²) in [7, 11) is -6.60. The largest absolute Gasteiger partial charge is 0.394 e. The van der Waals surface area contributed by atoms with Crippen LogP contribution in [-0.2, 0) is 32.8 Å². The number of amides is 2. The lowest BCUT2D eigenvalue weighted by Crippen LogP contribution is -2.32. The summed E-state index contributed by atoms with van der Waals surface area (Å²) in [6.45, 7) is 20.4. The van der Waals surface area contributed by atoms with Gasteiger partial charge in [0.15, 0.2) is 19.7 Å². The maximum atomic E-state index is 13.2. The van der Waals surface area contributed by atoms with E-state index in [0.717, 1.165) is 49.9 Å². The molecule has 4 N–H and O–H groups in total. The van der Waals surface area contributed by atoms with Crippen molar-refractivity contribution in [3.63, 3.8) is 0 Å². The predicted molar refractivity (Wildman–Crippen MR) is 294 cm³/mol. The lowest BCUT2D eigenvalue weighted by Gasteiger charge is -2.34. The summed E-state index contributed by atoms with van der Waals surface area (Å²) < 4.78 is 48.4. The molecule has 12 nitrogen and oxygen atoms in total. The molecule has 2 aliphatic carbocycles. The Hall–Kier alpha value is -4.44. The van der Waals surface area contributed by atoms with Crippen LogP contribution in [0, 0.1) is 35.5 Å². The van der Waals surface area contributed by atoms with Crippen LogP contribution in [0.15, 0.2) is 94.7 Å². The standard InChI is InChI=1S/2C30H42N2O4S/c2*1-5-37(35,36)26-13-10-23(11-14-26)28(19-33)31-30(34)24-12-15-27-25(16-24)18-32(29(27)20(2)3)17-22-8-6-21(4)7-9-22/h2*10-16,20-22,28-29,33H,5-9,17-19H2,1-4H3,(H,31,34)/t2*21?,22?,28-,29-/m00/s1. The Morgan fingerprint density at radius 2 is 0.878 bits per heavy atom. The van der Waals surface area contributed by atoms with Crippen LogP contribution in [0.2, 0.25) is 0 Å². The van der Waals surface area contributed by atoms with Crippen molar-refractivity contribution in [3.8, 4) is 0 Å². The number of benzene rings is 4. The molecule has 14 heteroatoms. The second-order valence-corrected chi connectivity index (χ2v) is 27.2. The van der Waals surface area contributed by atoms with Crippen LogP contribution >= 0.6 is 0 Å². The molecular weight excluding hydrogens is 969 g/mol. The Balaban J connectivity index is 0.000000216. The van der Waals surface area contributed by atoms with E-state index in [1.807, 2.05) is 24.3 Å². The van der Waals surface area contributed by atoms with Gasteiger partial charge in [-0.3, -0.25) is 19.4 Å². The lowest BCUT2D eigenvalue weighted by atomic mass is 9.82. The minimum Gasteiger partial charge on any atom is -0.394 e. The summed E-state index contributed by atoms with van der Waals surface area (Å²) in [6.07, 6.45) is 10.5. The second kappa shape index (κ2) is 25.1. The van der Waals surface area contributed by atoms with Crippen molar-refractivity contribution in [1.29, 1.82) is 0 Å². The van der Waals surface area contributed by atoms with Crippen LogP contribution in [-0.4, -0.2) is 86.5 Å². The molecule has 4 aromatic carbocycles. The minimum atomic E-state index is -3.30. The Morgan fingerprint density at radius 1 is 0.541 bits per heavy atom. The molecule has 2 fully saturated rings. The zero-order chi connectivity index (χ0) is 53.5. The molecule has 0 bridgehead atoms. The summed E-state index contributed by atoms with van der Waals surface area (Å²) in [5, 5.41) is 25.8. The Kier molecular flexibility index (Phi) is 19.5. The summed E-state index contributed by atoms with van der Waals surface area (Å²) in [6, 6.07) is 24.3. The van der Waals surface area contributed by atoms with Gasteiger partial charge >= 0.3 is 0 Å². The fourth-order valence-corrected chi connectivity index (χ4v) is 13.8. The third kappa shape index (κ3) is 13.7. The number of fused-ring (bicyclic) bond motifs is 2. The Morgan fingerprint density at radius 3 is 1.18 bits per heavy atom.